The van der Waals surface area contributed by atoms with E-state index in [1.165, 1.54) is 15.9 Å². The first-order valence-electron chi connectivity index (χ1n) is 9.91. The Morgan fingerprint density at radius 1 is 1.06 bits per heavy atom. The Morgan fingerprint density at radius 2 is 1.75 bits per heavy atom. The SMILES string of the molecule is C[C@@H](NC(=O)/C(C#N)=c1/s/c(=C/c2cccs2)c(=O)n1-c1ccccc1)c1ccccc1. The van der Waals surface area contributed by atoms with Crippen molar-refractivity contribution in [1.29, 1.82) is 5.26 Å². The van der Waals surface area contributed by atoms with E-state index in [1.54, 1.807) is 18.2 Å². The number of amides is 1. The van der Waals surface area contributed by atoms with Gasteiger partial charge in [0, 0.05) is 4.88 Å². The number of rotatable bonds is 5. The number of carbonyl (C=O) groups is 1. The molecule has 0 radical (unpaired) electrons. The Bertz CT molecular complexity index is 1450. The molecule has 5 nitrogen and oxygen atoms in total. The summed E-state index contributed by atoms with van der Waals surface area (Å²) >= 11 is 2.66. The molecule has 4 rings (SSSR count). The number of benzene rings is 2. The summed E-state index contributed by atoms with van der Waals surface area (Å²) < 4.78 is 2.21. The van der Waals surface area contributed by atoms with Crippen molar-refractivity contribution in [2.75, 3.05) is 0 Å². The van der Waals surface area contributed by atoms with E-state index in [2.05, 4.69) is 5.32 Å². The lowest BCUT2D eigenvalue weighted by Crippen LogP contribution is -2.34. The Hall–Kier alpha value is -3.73. The zero-order chi connectivity index (χ0) is 22.5. The van der Waals surface area contributed by atoms with Gasteiger partial charge in [-0.1, -0.05) is 54.6 Å². The van der Waals surface area contributed by atoms with Crippen LogP contribution in [0.15, 0.2) is 83.0 Å². The molecule has 4 aromatic rings. The van der Waals surface area contributed by atoms with Crippen molar-refractivity contribution in [3.05, 3.63) is 108 Å². The largest absolute Gasteiger partial charge is 0.345 e. The lowest BCUT2D eigenvalue weighted by molar-refractivity contribution is -0.116. The fourth-order valence-electron chi connectivity index (χ4n) is 3.25. The molecule has 0 bridgehead atoms. The van der Waals surface area contributed by atoms with Crippen molar-refractivity contribution < 1.29 is 4.79 Å². The van der Waals surface area contributed by atoms with Crippen LogP contribution in [0.1, 0.15) is 23.4 Å². The lowest BCUT2D eigenvalue weighted by atomic mass is 10.1. The molecule has 0 aliphatic heterocycles. The van der Waals surface area contributed by atoms with E-state index in [1.807, 2.05) is 79.0 Å². The molecule has 0 saturated carbocycles. The summed E-state index contributed by atoms with van der Waals surface area (Å²) in [6.45, 7) is 1.86. The average molecular weight is 458 g/mol. The molecule has 2 heterocycles. The molecule has 32 heavy (non-hydrogen) atoms. The monoisotopic (exact) mass is 457 g/mol. The van der Waals surface area contributed by atoms with Crippen molar-refractivity contribution in [2.24, 2.45) is 0 Å². The van der Waals surface area contributed by atoms with Crippen LogP contribution in [0.3, 0.4) is 0 Å². The molecule has 2 aromatic heterocycles. The van der Waals surface area contributed by atoms with E-state index < -0.39 is 5.91 Å². The Balaban J connectivity index is 1.88. The number of nitrogens with zero attached hydrogens (tertiary/aromatic N) is 2. The summed E-state index contributed by atoms with van der Waals surface area (Å²) in [5, 5.41) is 14.7. The minimum Gasteiger partial charge on any atom is -0.345 e. The van der Waals surface area contributed by atoms with Gasteiger partial charge in [0.15, 0.2) is 5.57 Å². The van der Waals surface area contributed by atoms with E-state index in [4.69, 9.17) is 0 Å². The highest BCUT2D eigenvalue weighted by atomic mass is 32.1. The molecule has 0 spiro atoms. The van der Waals surface area contributed by atoms with Crippen LogP contribution in [-0.2, 0) is 4.79 Å². The van der Waals surface area contributed by atoms with E-state index in [-0.39, 0.29) is 17.2 Å². The predicted molar refractivity (Wildman–Crippen MR) is 129 cm³/mol. The first-order chi connectivity index (χ1) is 15.6. The van der Waals surface area contributed by atoms with Crippen molar-refractivity contribution in [3.63, 3.8) is 0 Å². The second-order valence-corrected chi connectivity index (χ2v) is 9.01. The molecule has 1 atom stereocenters. The van der Waals surface area contributed by atoms with Gasteiger partial charge in [-0.25, -0.2) is 0 Å². The van der Waals surface area contributed by atoms with Gasteiger partial charge in [0.1, 0.15) is 10.7 Å². The first kappa shape index (κ1) is 21.5. The summed E-state index contributed by atoms with van der Waals surface area (Å²) in [6.07, 6.45) is 1.79. The summed E-state index contributed by atoms with van der Waals surface area (Å²) in [5.41, 5.74) is 1.17. The second-order valence-electron chi connectivity index (χ2n) is 7.00. The number of thiazole rings is 1. The smallest absolute Gasteiger partial charge is 0.273 e. The van der Waals surface area contributed by atoms with Crippen LogP contribution in [0, 0.1) is 11.3 Å². The maximum absolute atomic E-state index is 13.3. The standard InChI is InChI=1S/C25H19N3O2S2/c1-17(18-9-4-2-5-10-18)27-23(29)21(16-26)25-28(19-11-6-3-7-12-19)24(30)22(32-25)15-20-13-8-14-31-20/h2-15,17H,1H3,(H,27,29)/b22-15+,25-21+/t17-/m1/s1. The summed E-state index contributed by atoms with van der Waals surface area (Å²) in [5.74, 6) is -0.516. The minimum absolute atomic E-state index is 0.0930. The molecule has 158 valence electrons. The van der Waals surface area contributed by atoms with Crippen LogP contribution in [0.25, 0.3) is 17.3 Å². The fraction of sp³-hybridized carbons (Fsp3) is 0.0800. The number of para-hydroxylation sites is 1. The van der Waals surface area contributed by atoms with Crippen LogP contribution in [0.4, 0.5) is 0 Å². The van der Waals surface area contributed by atoms with E-state index in [9.17, 15) is 14.9 Å². The molecule has 0 unspecified atom stereocenters. The van der Waals surface area contributed by atoms with Crippen LogP contribution in [0.2, 0.25) is 0 Å². The summed E-state index contributed by atoms with van der Waals surface area (Å²) in [6, 6.07) is 24.1. The van der Waals surface area contributed by atoms with Crippen molar-refractivity contribution in [2.45, 2.75) is 13.0 Å². The van der Waals surface area contributed by atoms with Crippen molar-refractivity contribution in [3.8, 4) is 11.8 Å². The third-order valence-corrected chi connectivity index (χ3v) is 6.77. The van der Waals surface area contributed by atoms with Gasteiger partial charge in [0.25, 0.3) is 11.5 Å². The Kier molecular flexibility index (Phi) is 6.45. The van der Waals surface area contributed by atoms with Gasteiger partial charge in [0.2, 0.25) is 0 Å². The number of thiophene rings is 1. The zero-order valence-electron chi connectivity index (χ0n) is 17.2. The molecular formula is C25H19N3O2S2. The van der Waals surface area contributed by atoms with Gasteiger partial charge < -0.3 is 5.32 Å². The molecular weight excluding hydrogens is 438 g/mol. The summed E-state index contributed by atoms with van der Waals surface area (Å²) in [7, 11) is 0. The molecule has 1 amide bonds. The molecule has 2 aromatic carbocycles. The van der Waals surface area contributed by atoms with Crippen molar-refractivity contribution >= 4 is 40.2 Å². The molecule has 0 aliphatic carbocycles. The van der Waals surface area contributed by atoms with Crippen LogP contribution in [-0.4, -0.2) is 10.5 Å². The van der Waals surface area contributed by atoms with Crippen LogP contribution < -0.4 is 20.1 Å². The highest BCUT2D eigenvalue weighted by Crippen LogP contribution is 2.12. The molecule has 0 aliphatic rings. The number of nitrogens with one attached hydrogen (secondary N) is 1. The van der Waals surface area contributed by atoms with Gasteiger partial charge in [-0.15, -0.1) is 22.7 Å². The van der Waals surface area contributed by atoms with Gasteiger partial charge in [-0.05, 0) is 42.1 Å². The Labute approximate surface area is 192 Å². The first-order valence-corrected chi connectivity index (χ1v) is 11.6. The van der Waals surface area contributed by atoms with Crippen molar-refractivity contribution in [1.82, 2.24) is 9.88 Å². The van der Waals surface area contributed by atoms with Gasteiger partial charge in [0.05, 0.1) is 16.3 Å². The normalized spacial score (nSPS) is 13.3. The minimum atomic E-state index is -0.516. The lowest BCUT2D eigenvalue weighted by Gasteiger charge is -2.13. The van der Waals surface area contributed by atoms with Gasteiger partial charge >= 0.3 is 0 Å². The van der Waals surface area contributed by atoms with E-state index in [0.29, 0.717) is 14.9 Å². The zero-order valence-corrected chi connectivity index (χ0v) is 18.8. The van der Waals surface area contributed by atoms with Gasteiger partial charge in [-0.2, -0.15) is 5.26 Å². The van der Waals surface area contributed by atoms with Gasteiger partial charge in [-0.3, -0.25) is 14.2 Å². The number of aromatic nitrogens is 1. The quantitative estimate of drug-likeness (QED) is 0.500. The number of nitriles is 1. The average Bonchev–Trinajstić information content (AvgIpc) is 3.44. The molecule has 0 saturated heterocycles. The predicted octanol–water partition coefficient (Wildman–Crippen LogP) is 3.34. The number of hydrogen-bond donors (Lipinski definition) is 1. The highest BCUT2D eigenvalue weighted by Gasteiger charge is 2.19. The fourth-order valence-corrected chi connectivity index (χ4v) is 5.08. The third kappa shape index (κ3) is 4.47. The highest BCUT2D eigenvalue weighted by molar-refractivity contribution is 7.11. The third-order valence-electron chi connectivity index (χ3n) is 4.85. The summed E-state index contributed by atoms with van der Waals surface area (Å²) in [4.78, 5) is 27.3. The van der Waals surface area contributed by atoms with Crippen LogP contribution >= 0.6 is 22.7 Å². The number of hydrogen-bond acceptors (Lipinski definition) is 5. The number of carbonyl (C=O) groups excluding carboxylic acids is 1. The van der Waals surface area contributed by atoms with E-state index >= 15 is 0 Å². The molecule has 0 fully saturated rings. The molecule has 7 heteroatoms. The second kappa shape index (κ2) is 9.60. The molecule has 1 N–H and O–H groups in total. The maximum atomic E-state index is 13.3. The topological polar surface area (TPSA) is 74.9 Å². The Morgan fingerprint density at radius 3 is 2.38 bits per heavy atom. The van der Waals surface area contributed by atoms with Crippen LogP contribution in [0.5, 0.6) is 0 Å². The maximum Gasteiger partial charge on any atom is 0.273 e. The van der Waals surface area contributed by atoms with E-state index in [0.717, 1.165) is 21.8 Å².